The van der Waals surface area contributed by atoms with Crippen LogP contribution < -0.4 is 0 Å². The van der Waals surface area contributed by atoms with Gasteiger partial charge in [0.1, 0.15) is 11.7 Å². The Hall–Kier alpha value is -2.06. The third kappa shape index (κ3) is 1.54. The molecule has 2 unspecified atom stereocenters. The van der Waals surface area contributed by atoms with E-state index in [4.69, 9.17) is 10.2 Å². The fourth-order valence-corrected chi connectivity index (χ4v) is 1.52. The zero-order chi connectivity index (χ0) is 13.5. The second-order valence-electron chi connectivity index (χ2n) is 3.52. The van der Waals surface area contributed by atoms with E-state index in [1.807, 2.05) is 0 Å². The Morgan fingerprint density at radius 1 is 1.18 bits per heavy atom. The first-order valence-electron chi connectivity index (χ1n) is 4.36. The predicted molar refractivity (Wildman–Crippen MR) is 51.2 cm³/mol. The molecular formula is C9H10O8. The summed E-state index contributed by atoms with van der Waals surface area (Å²) in [5.74, 6) is -6.06. The molecule has 8 nitrogen and oxygen atoms in total. The maximum absolute atomic E-state index is 10.9. The highest BCUT2D eigenvalue weighted by Crippen LogP contribution is 2.36. The highest BCUT2D eigenvalue weighted by atomic mass is 16.4. The lowest BCUT2D eigenvalue weighted by Gasteiger charge is -2.33. The van der Waals surface area contributed by atoms with Gasteiger partial charge in [-0.1, -0.05) is 0 Å². The fraction of sp³-hybridized carbons (Fsp3) is 0.333. The Labute approximate surface area is 94.4 Å². The molecule has 8 heteroatoms. The van der Waals surface area contributed by atoms with Crippen molar-refractivity contribution >= 4 is 11.9 Å². The van der Waals surface area contributed by atoms with Gasteiger partial charge in [0, 0.05) is 5.57 Å². The SMILES string of the molecule is CC1=C(O)C(O)=C(C(=O)O)C(O)C1(O)C(=O)O. The van der Waals surface area contributed by atoms with Gasteiger partial charge in [-0.2, -0.15) is 0 Å². The molecule has 1 rings (SSSR count). The number of hydrogen-bond donors (Lipinski definition) is 6. The summed E-state index contributed by atoms with van der Waals surface area (Å²) in [6, 6.07) is 0. The van der Waals surface area contributed by atoms with E-state index >= 15 is 0 Å². The van der Waals surface area contributed by atoms with Gasteiger partial charge in [0.05, 0.1) is 0 Å². The van der Waals surface area contributed by atoms with Crippen molar-refractivity contribution in [3.05, 3.63) is 22.7 Å². The van der Waals surface area contributed by atoms with Crippen molar-refractivity contribution in [1.29, 1.82) is 0 Å². The highest BCUT2D eigenvalue weighted by Gasteiger charge is 2.54. The first-order valence-corrected chi connectivity index (χ1v) is 4.36. The monoisotopic (exact) mass is 246 g/mol. The summed E-state index contributed by atoms with van der Waals surface area (Å²) in [4.78, 5) is 21.6. The van der Waals surface area contributed by atoms with E-state index in [1.54, 1.807) is 0 Å². The van der Waals surface area contributed by atoms with Crippen molar-refractivity contribution < 1.29 is 40.2 Å². The molecule has 0 bridgehead atoms. The number of carbonyl (C=O) groups is 2. The smallest absolute Gasteiger partial charge is 0.343 e. The van der Waals surface area contributed by atoms with Crippen LogP contribution in [0, 0.1) is 0 Å². The van der Waals surface area contributed by atoms with Gasteiger partial charge in [-0.15, -0.1) is 0 Å². The van der Waals surface area contributed by atoms with Crippen LogP contribution in [0.25, 0.3) is 0 Å². The van der Waals surface area contributed by atoms with E-state index in [9.17, 15) is 30.0 Å². The van der Waals surface area contributed by atoms with Crippen LogP contribution >= 0.6 is 0 Å². The van der Waals surface area contributed by atoms with Crippen LogP contribution in [-0.4, -0.2) is 54.3 Å². The van der Waals surface area contributed by atoms with Gasteiger partial charge < -0.3 is 30.6 Å². The van der Waals surface area contributed by atoms with Crippen LogP contribution in [0.15, 0.2) is 22.7 Å². The molecular weight excluding hydrogens is 236 g/mol. The van der Waals surface area contributed by atoms with Crippen molar-refractivity contribution in [3.8, 4) is 0 Å². The zero-order valence-electron chi connectivity index (χ0n) is 8.58. The first-order chi connectivity index (χ1) is 7.65. The number of aliphatic hydroxyl groups is 4. The molecule has 1 aliphatic carbocycles. The molecule has 0 aromatic heterocycles. The van der Waals surface area contributed by atoms with Crippen LogP contribution in [-0.2, 0) is 9.59 Å². The van der Waals surface area contributed by atoms with Gasteiger partial charge in [-0.05, 0) is 6.92 Å². The quantitative estimate of drug-likeness (QED) is 0.358. The number of rotatable bonds is 2. The molecule has 0 fully saturated rings. The minimum Gasteiger partial charge on any atom is -0.504 e. The number of aliphatic carboxylic acids is 2. The summed E-state index contributed by atoms with van der Waals surface area (Å²) < 4.78 is 0. The molecule has 0 amide bonds. The minimum atomic E-state index is -3.00. The summed E-state index contributed by atoms with van der Waals surface area (Å²) >= 11 is 0. The van der Waals surface area contributed by atoms with E-state index in [2.05, 4.69) is 0 Å². The van der Waals surface area contributed by atoms with Crippen molar-refractivity contribution in [1.82, 2.24) is 0 Å². The summed E-state index contributed by atoms with van der Waals surface area (Å²) in [6.07, 6.45) is -2.40. The fourth-order valence-electron chi connectivity index (χ4n) is 1.52. The summed E-state index contributed by atoms with van der Waals surface area (Å²) in [7, 11) is 0. The van der Waals surface area contributed by atoms with Gasteiger partial charge in [0.15, 0.2) is 11.5 Å². The molecule has 0 aliphatic heterocycles. The summed E-state index contributed by atoms with van der Waals surface area (Å²) in [5, 5.41) is 55.3. The third-order valence-corrected chi connectivity index (χ3v) is 2.63. The zero-order valence-corrected chi connectivity index (χ0v) is 8.58. The van der Waals surface area contributed by atoms with E-state index in [0.717, 1.165) is 6.92 Å². The van der Waals surface area contributed by atoms with Crippen LogP contribution in [0.3, 0.4) is 0 Å². The number of carboxylic acids is 2. The number of hydrogen-bond acceptors (Lipinski definition) is 6. The van der Waals surface area contributed by atoms with Gasteiger partial charge in [-0.3, -0.25) is 0 Å². The Morgan fingerprint density at radius 3 is 2.00 bits per heavy atom. The normalized spacial score (nSPS) is 29.5. The van der Waals surface area contributed by atoms with Gasteiger partial charge >= 0.3 is 11.9 Å². The number of aliphatic hydroxyl groups excluding tert-OH is 3. The predicted octanol–water partition coefficient (Wildman–Crippen LogP) is -1.09. The molecule has 6 N–H and O–H groups in total. The molecule has 17 heavy (non-hydrogen) atoms. The van der Waals surface area contributed by atoms with Crippen molar-refractivity contribution in [2.45, 2.75) is 18.6 Å². The van der Waals surface area contributed by atoms with E-state index in [-0.39, 0.29) is 0 Å². The maximum Gasteiger partial charge on any atom is 0.343 e. The van der Waals surface area contributed by atoms with Crippen LogP contribution in [0.2, 0.25) is 0 Å². The Kier molecular flexibility index (Phi) is 2.87. The molecule has 2 atom stereocenters. The topological polar surface area (TPSA) is 156 Å². The van der Waals surface area contributed by atoms with Gasteiger partial charge in [0.25, 0.3) is 0 Å². The van der Waals surface area contributed by atoms with Crippen molar-refractivity contribution in [2.24, 2.45) is 0 Å². The Bertz CT molecular complexity index is 460. The number of carboxylic acid groups (broad SMARTS) is 2. The Balaban J connectivity index is 3.58. The second kappa shape index (κ2) is 3.75. The van der Waals surface area contributed by atoms with Crippen LogP contribution in [0.4, 0.5) is 0 Å². The third-order valence-electron chi connectivity index (χ3n) is 2.63. The molecule has 0 spiro atoms. The average molecular weight is 246 g/mol. The molecule has 0 heterocycles. The molecule has 94 valence electrons. The Morgan fingerprint density at radius 2 is 1.65 bits per heavy atom. The van der Waals surface area contributed by atoms with Crippen molar-refractivity contribution in [2.75, 3.05) is 0 Å². The first kappa shape index (κ1) is 13.0. The van der Waals surface area contributed by atoms with Gasteiger partial charge in [0.2, 0.25) is 5.60 Å². The van der Waals surface area contributed by atoms with Crippen LogP contribution in [0.1, 0.15) is 6.92 Å². The van der Waals surface area contributed by atoms with E-state index in [1.165, 1.54) is 0 Å². The summed E-state index contributed by atoms with van der Waals surface area (Å²) in [6.45, 7) is 0.946. The molecule has 0 saturated heterocycles. The summed E-state index contributed by atoms with van der Waals surface area (Å²) in [5.41, 5.74) is -4.83. The van der Waals surface area contributed by atoms with Crippen LogP contribution in [0.5, 0.6) is 0 Å². The highest BCUT2D eigenvalue weighted by molar-refractivity contribution is 5.94. The maximum atomic E-state index is 10.9. The molecule has 0 radical (unpaired) electrons. The standard InChI is InChI=1S/C9H10O8/c1-2-4(10)5(11)3(7(13)14)6(12)9(2,17)8(15)16/h6,10-12,17H,1H3,(H,13,14)(H,15,16). The lowest BCUT2D eigenvalue weighted by Crippen LogP contribution is -2.55. The second-order valence-corrected chi connectivity index (χ2v) is 3.52. The van der Waals surface area contributed by atoms with E-state index < -0.39 is 46.3 Å². The lowest BCUT2D eigenvalue weighted by atomic mass is 9.79. The van der Waals surface area contributed by atoms with Crippen molar-refractivity contribution in [3.63, 3.8) is 0 Å². The molecule has 0 saturated carbocycles. The molecule has 0 aromatic rings. The molecule has 0 aromatic carbocycles. The largest absolute Gasteiger partial charge is 0.504 e. The average Bonchev–Trinajstić information content (AvgIpc) is 2.23. The van der Waals surface area contributed by atoms with E-state index in [0.29, 0.717) is 0 Å². The lowest BCUT2D eigenvalue weighted by molar-refractivity contribution is -0.164. The van der Waals surface area contributed by atoms with Gasteiger partial charge in [-0.25, -0.2) is 9.59 Å². The molecule has 1 aliphatic rings. The minimum absolute atomic E-state index is 0.653.